The Morgan fingerprint density at radius 3 is 2.55 bits per heavy atom. The van der Waals surface area contributed by atoms with E-state index in [-0.39, 0.29) is 29.2 Å². The average molecular weight is 450 g/mol. The minimum absolute atomic E-state index is 0.0871. The van der Waals surface area contributed by atoms with E-state index in [9.17, 15) is 13.2 Å². The lowest BCUT2D eigenvalue weighted by molar-refractivity contribution is -0.145. The van der Waals surface area contributed by atoms with Crippen LogP contribution in [-0.2, 0) is 45.0 Å². The highest BCUT2D eigenvalue weighted by Gasteiger charge is 2.22. The Kier molecular flexibility index (Phi) is 6.19. The number of hydrogen-bond acceptors (Lipinski definition) is 8. The van der Waals surface area contributed by atoms with Gasteiger partial charge in [0.1, 0.15) is 5.82 Å². The molecule has 0 spiro atoms. The molecule has 0 N–H and O–H groups in total. The average Bonchev–Trinajstić information content (AvgIpc) is 3.29. The predicted octanol–water partition coefficient (Wildman–Crippen LogP) is 2.18. The van der Waals surface area contributed by atoms with Crippen molar-refractivity contribution in [1.29, 1.82) is 0 Å². The number of esters is 1. The maximum atomic E-state index is 12.3. The molecule has 0 atom stereocenters. The maximum absolute atomic E-state index is 12.3. The summed E-state index contributed by atoms with van der Waals surface area (Å²) in [5.41, 5.74) is 1.08. The van der Waals surface area contributed by atoms with Gasteiger partial charge in [0, 0.05) is 33.0 Å². The number of imidazole rings is 1. The van der Waals surface area contributed by atoms with E-state index in [1.54, 1.807) is 12.1 Å². The highest BCUT2D eigenvalue weighted by molar-refractivity contribution is 7.89. The summed E-state index contributed by atoms with van der Waals surface area (Å²) < 4.78 is 38.0. The fraction of sp³-hybridized carbons (Fsp3) is 0.500. The number of fused-ring (bicyclic) bond motifs is 1. The maximum Gasteiger partial charge on any atom is 0.306 e. The smallest absolute Gasteiger partial charge is 0.306 e. The molecule has 2 aromatic heterocycles. The van der Waals surface area contributed by atoms with Crippen molar-refractivity contribution < 1.29 is 22.5 Å². The van der Waals surface area contributed by atoms with E-state index in [2.05, 4.69) is 15.1 Å². The lowest BCUT2D eigenvalue weighted by Crippen LogP contribution is -2.22. The van der Waals surface area contributed by atoms with Crippen LogP contribution in [0.5, 0.6) is 0 Å². The summed E-state index contributed by atoms with van der Waals surface area (Å²) in [6.07, 6.45) is 0.455. The number of aromatic nitrogens is 4. The van der Waals surface area contributed by atoms with Crippen LogP contribution in [0.1, 0.15) is 44.7 Å². The van der Waals surface area contributed by atoms with Crippen molar-refractivity contribution in [3.8, 4) is 0 Å². The summed E-state index contributed by atoms with van der Waals surface area (Å²) in [4.78, 5) is 21.0. The second kappa shape index (κ2) is 8.39. The molecule has 0 unspecified atom stereocenters. The van der Waals surface area contributed by atoms with Gasteiger partial charge in [-0.05, 0) is 18.2 Å². The van der Waals surface area contributed by atoms with Gasteiger partial charge in [0.2, 0.25) is 10.0 Å². The van der Waals surface area contributed by atoms with Gasteiger partial charge in [-0.1, -0.05) is 25.9 Å². The van der Waals surface area contributed by atoms with Crippen molar-refractivity contribution in [2.45, 2.75) is 50.5 Å². The van der Waals surface area contributed by atoms with Crippen molar-refractivity contribution in [3.05, 3.63) is 35.7 Å². The summed E-state index contributed by atoms with van der Waals surface area (Å²) in [5, 5.41) is 3.89. The van der Waals surface area contributed by atoms with Crippen molar-refractivity contribution in [1.82, 2.24) is 24.0 Å². The number of benzene rings is 1. The highest BCUT2D eigenvalue weighted by Crippen LogP contribution is 2.22. The van der Waals surface area contributed by atoms with E-state index in [1.165, 1.54) is 20.2 Å². The van der Waals surface area contributed by atoms with Crippen LogP contribution in [-0.4, -0.2) is 52.5 Å². The lowest BCUT2D eigenvalue weighted by atomic mass is 9.96. The highest BCUT2D eigenvalue weighted by atomic mass is 32.2. The first kappa shape index (κ1) is 22.9. The molecule has 31 heavy (non-hydrogen) atoms. The van der Waals surface area contributed by atoms with Crippen LogP contribution in [0.2, 0.25) is 0 Å². The molecular formula is C20H27N5O5S. The number of hydrogen-bond donors (Lipinski definition) is 0. The second-order valence-corrected chi connectivity index (χ2v) is 10.6. The van der Waals surface area contributed by atoms with Crippen LogP contribution in [0.3, 0.4) is 0 Å². The molecule has 0 saturated heterocycles. The quantitative estimate of drug-likeness (QED) is 0.503. The zero-order chi connectivity index (χ0) is 23.0. The molecule has 0 aliphatic rings. The normalized spacial score (nSPS) is 12.6. The Balaban J connectivity index is 1.64. The number of nitrogens with zero attached hydrogens (tertiary/aromatic N) is 5. The molecule has 3 aromatic rings. The largest absolute Gasteiger partial charge is 0.456 e. The first-order valence-corrected chi connectivity index (χ1v) is 11.2. The molecule has 1 aromatic carbocycles. The molecule has 3 rings (SSSR count). The van der Waals surface area contributed by atoms with E-state index in [0.717, 1.165) is 9.82 Å². The van der Waals surface area contributed by atoms with E-state index >= 15 is 0 Å². The van der Waals surface area contributed by atoms with Crippen LogP contribution >= 0.6 is 0 Å². The van der Waals surface area contributed by atoms with E-state index < -0.39 is 16.0 Å². The van der Waals surface area contributed by atoms with E-state index in [1.807, 2.05) is 32.4 Å². The molecule has 0 aliphatic carbocycles. The molecule has 0 radical (unpaired) electrons. The fourth-order valence-electron chi connectivity index (χ4n) is 2.87. The summed E-state index contributed by atoms with van der Waals surface area (Å²) in [6.45, 7) is 5.80. The van der Waals surface area contributed by atoms with Gasteiger partial charge in [-0.2, -0.15) is 4.98 Å². The van der Waals surface area contributed by atoms with Crippen LogP contribution in [0.15, 0.2) is 27.6 Å². The van der Waals surface area contributed by atoms with Crippen LogP contribution in [0.25, 0.3) is 11.0 Å². The van der Waals surface area contributed by atoms with Gasteiger partial charge < -0.3 is 13.8 Å². The zero-order valence-electron chi connectivity index (χ0n) is 18.5. The summed E-state index contributed by atoms with van der Waals surface area (Å²) in [6, 6.07) is 4.80. The third-order valence-corrected chi connectivity index (χ3v) is 6.58. The lowest BCUT2D eigenvalue weighted by Gasteiger charge is -2.10. The van der Waals surface area contributed by atoms with Crippen LogP contribution < -0.4 is 0 Å². The van der Waals surface area contributed by atoms with Crippen molar-refractivity contribution in [2.75, 3.05) is 14.1 Å². The molecular weight excluding hydrogens is 422 g/mol. The van der Waals surface area contributed by atoms with Gasteiger partial charge in [0.15, 0.2) is 12.4 Å². The molecule has 0 fully saturated rings. The SMILES string of the molecule is CN(C)S(=O)(=O)c1ccc2c(c1)nc(CCC(=O)OCc1nc(C(C)(C)C)no1)n2C. The minimum Gasteiger partial charge on any atom is -0.456 e. The molecule has 2 heterocycles. The van der Waals surface area contributed by atoms with Crippen molar-refractivity contribution >= 4 is 27.0 Å². The molecule has 0 saturated carbocycles. The van der Waals surface area contributed by atoms with E-state index in [4.69, 9.17) is 9.26 Å². The minimum atomic E-state index is -3.55. The fourth-order valence-corrected chi connectivity index (χ4v) is 3.79. The number of aryl methyl sites for hydroxylation is 2. The van der Waals surface area contributed by atoms with Gasteiger partial charge in [0.05, 0.1) is 22.3 Å². The number of sulfonamides is 1. The number of carbonyl (C=O) groups is 1. The molecule has 0 amide bonds. The zero-order valence-corrected chi connectivity index (χ0v) is 19.4. The Labute approximate surface area is 181 Å². The van der Waals surface area contributed by atoms with E-state index in [0.29, 0.717) is 23.6 Å². The number of carbonyl (C=O) groups excluding carboxylic acids is 1. The Hall–Kier alpha value is -2.79. The van der Waals surface area contributed by atoms with Gasteiger partial charge in [-0.25, -0.2) is 17.7 Å². The summed E-state index contributed by atoms with van der Waals surface area (Å²) >= 11 is 0. The molecule has 0 bridgehead atoms. The first-order valence-electron chi connectivity index (χ1n) is 9.76. The van der Waals surface area contributed by atoms with Crippen LogP contribution in [0, 0.1) is 0 Å². The predicted molar refractivity (Wildman–Crippen MR) is 113 cm³/mol. The Morgan fingerprint density at radius 1 is 1.23 bits per heavy atom. The topological polar surface area (TPSA) is 120 Å². The van der Waals surface area contributed by atoms with Crippen molar-refractivity contribution in [2.24, 2.45) is 7.05 Å². The molecule has 0 aliphatic heterocycles. The van der Waals surface area contributed by atoms with Gasteiger partial charge in [-0.3, -0.25) is 4.79 Å². The third kappa shape index (κ3) is 4.93. The van der Waals surface area contributed by atoms with Crippen LogP contribution in [0.4, 0.5) is 0 Å². The molecule has 168 valence electrons. The Morgan fingerprint density at radius 2 is 1.94 bits per heavy atom. The third-order valence-electron chi connectivity index (χ3n) is 4.77. The monoisotopic (exact) mass is 449 g/mol. The van der Waals surface area contributed by atoms with Crippen molar-refractivity contribution in [3.63, 3.8) is 0 Å². The summed E-state index contributed by atoms with van der Waals surface area (Å²) in [5.74, 6) is 1.03. The second-order valence-electron chi connectivity index (χ2n) is 8.45. The standard InChI is InChI=1S/C20H27N5O5S/c1-20(2,3)19-22-17(30-23-19)12-29-18(26)10-9-16-21-14-11-13(31(27,28)24(4)5)7-8-15(14)25(16)6/h7-8,11H,9-10,12H2,1-6H3. The Bertz CT molecular complexity index is 1200. The number of ether oxygens (including phenoxy) is 1. The molecule has 11 heteroatoms. The van der Waals surface area contributed by atoms with Gasteiger partial charge in [0.25, 0.3) is 5.89 Å². The van der Waals surface area contributed by atoms with Gasteiger partial charge >= 0.3 is 5.97 Å². The first-order chi connectivity index (χ1) is 14.4. The summed E-state index contributed by atoms with van der Waals surface area (Å²) in [7, 11) is 1.23. The molecule has 10 nitrogen and oxygen atoms in total. The number of rotatable bonds is 7. The van der Waals surface area contributed by atoms with Gasteiger partial charge in [-0.15, -0.1) is 0 Å².